The Morgan fingerprint density at radius 2 is 1.77 bits per heavy atom. The molecule has 1 aliphatic carbocycles. The number of benzene rings is 2. The number of cyclic esters (lactones) is 1. The number of fused-ring (bicyclic) bond motifs is 2. The van der Waals surface area contributed by atoms with E-state index in [2.05, 4.69) is 0 Å². The van der Waals surface area contributed by atoms with Crippen molar-refractivity contribution in [2.24, 2.45) is 11.8 Å². The molecule has 2 aromatic rings. The van der Waals surface area contributed by atoms with Crippen molar-refractivity contribution in [2.45, 2.75) is 38.8 Å². The third-order valence-corrected chi connectivity index (χ3v) is 6.56. The maximum absolute atomic E-state index is 12.6. The Hall–Kier alpha value is -3.02. The van der Waals surface area contributed by atoms with Gasteiger partial charge in [-0.05, 0) is 73.4 Å². The van der Waals surface area contributed by atoms with Crippen molar-refractivity contribution in [3.8, 4) is 11.5 Å². The Bertz CT molecular complexity index is 993. The van der Waals surface area contributed by atoms with Crippen molar-refractivity contribution < 1.29 is 24.2 Å². The third kappa shape index (κ3) is 3.62. The van der Waals surface area contributed by atoms with E-state index in [1.807, 2.05) is 23.1 Å². The second-order valence-electron chi connectivity index (χ2n) is 8.62. The molecular weight excluding hydrogens is 382 g/mol. The second kappa shape index (κ2) is 7.67. The molecule has 6 heteroatoms. The summed E-state index contributed by atoms with van der Waals surface area (Å²) in [5.74, 6) is 1.73. The number of ether oxygens (including phenoxy) is 2. The van der Waals surface area contributed by atoms with E-state index in [-0.39, 0.29) is 17.6 Å². The van der Waals surface area contributed by atoms with E-state index < -0.39 is 0 Å². The molecule has 0 spiro atoms. The van der Waals surface area contributed by atoms with Crippen LogP contribution in [0.5, 0.6) is 11.5 Å². The Labute approximate surface area is 175 Å². The molecule has 2 heterocycles. The van der Waals surface area contributed by atoms with Crippen LogP contribution in [0.1, 0.15) is 57.5 Å². The summed E-state index contributed by atoms with van der Waals surface area (Å²) in [7, 11) is 0. The van der Waals surface area contributed by atoms with Crippen molar-refractivity contribution in [3.63, 3.8) is 0 Å². The van der Waals surface area contributed by atoms with Crippen molar-refractivity contribution in [1.82, 2.24) is 4.90 Å². The van der Waals surface area contributed by atoms with Gasteiger partial charge in [-0.1, -0.05) is 6.07 Å². The molecule has 1 fully saturated rings. The summed E-state index contributed by atoms with van der Waals surface area (Å²) in [4.78, 5) is 26.1. The van der Waals surface area contributed by atoms with E-state index in [0.717, 1.165) is 49.1 Å². The summed E-state index contributed by atoms with van der Waals surface area (Å²) in [6, 6.07) is 10.6. The van der Waals surface area contributed by atoms with E-state index in [1.54, 1.807) is 18.2 Å². The van der Waals surface area contributed by atoms with E-state index >= 15 is 0 Å². The van der Waals surface area contributed by atoms with Gasteiger partial charge >= 0.3 is 5.97 Å². The van der Waals surface area contributed by atoms with E-state index in [0.29, 0.717) is 42.7 Å². The third-order valence-electron chi connectivity index (χ3n) is 6.56. The van der Waals surface area contributed by atoms with Crippen molar-refractivity contribution in [1.29, 1.82) is 0 Å². The SMILES string of the molecule is O=C1OCc2cc(OCC3CCC(CN4Cc5ccc(O)cc5C4=O)CC3)ccc21. The first-order valence-electron chi connectivity index (χ1n) is 10.6. The Kier molecular flexibility index (Phi) is 4.85. The predicted molar refractivity (Wildman–Crippen MR) is 109 cm³/mol. The Morgan fingerprint density at radius 1 is 0.967 bits per heavy atom. The quantitative estimate of drug-likeness (QED) is 0.761. The first-order chi connectivity index (χ1) is 14.6. The molecule has 6 nitrogen and oxygen atoms in total. The van der Waals surface area contributed by atoms with Gasteiger partial charge in [0.1, 0.15) is 18.1 Å². The van der Waals surface area contributed by atoms with Crippen LogP contribution in [0.3, 0.4) is 0 Å². The van der Waals surface area contributed by atoms with Crippen molar-refractivity contribution in [3.05, 3.63) is 58.7 Å². The maximum Gasteiger partial charge on any atom is 0.338 e. The van der Waals surface area contributed by atoms with E-state index in [4.69, 9.17) is 9.47 Å². The van der Waals surface area contributed by atoms with Gasteiger partial charge in [0.15, 0.2) is 0 Å². The van der Waals surface area contributed by atoms with Crippen LogP contribution in [-0.2, 0) is 17.9 Å². The summed E-state index contributed by atoms with van der Waals surface area (Å²) in [6.07, 6.45) is 4.36. The van der Waals surface area contributed by atoms with Gasteiger partial charge in [-0.2, -0.15) is 0 Å². The van der Waals surface area contributed by atoms with Crippen LogP contribution in [-0.4, -0.2) is 35.0 Å². The van der Waals surface area contributed by atoms with Crippen molar-refractivity contribution in [2.75, 3.05) is 13.2 Å². The molecule has 30 heavy (non-hydrogen) atoms. The fourth-order valence-corrected chi connectivity index (χ4v) is 4.80. The lowest BCUT2D eigenvalue weighted by molar-refractivity contribution is 0.0534. The van der Waals surface area contributed by atoms with Crippen LogP contribution in [0.2, 0.25) is 0 Å². The number of phenols is 1. The molecule has 0 aromatic heterocycles. The zero-order chi connectivity index (χ0) is 20.7. The molecule has 0 bridgehead atoms. The number of esters is 1. The monoisotopic (exact) mass is 407 g/mol. The normalized spacial score (nSPS) is 22.6. The number of amides is 1. The molecule has 0 unspecified atom stereocenters. The smallest absolute Gasteiger partial charge is 0.338 e. The lowest BCUT2D eigenvalue weighted by atomic mass is 9.82. The number of rotatable bonds is 5. The van der Waals surface area contributed by atoms with Gasteiger partial charge in [0.25, 0.3) is 5.91 Å². The van der Waals surface area contributed by atoms with Crippen molar-refractivity contribution >= 4 is 11.9 Å². The number of carbonyl (C=O) groups excluding carboxylic acids is 2. The topological polar surface area (TPSA) is 76.1 Å². The predicted octanol–water partition coefficient (Wildman–Crippen LogP) is 3.90. The summed E-state index contributed by atoms with van der Waals surface area (Å²) in [5.41, 5.74) is 3.17. The number of hydrogen-bond acceptors (Lipinski definition) is 5. The van der Waals surface area contributed by atoms with E-state index in [1.165, 1.54) is 0 Å². The van der Waals surface area contributed by atoms with Crippen LogP contribution in [0, 0.1) is 11.8 Å². The summed E-state index contributed by atoms with van der Waals surface area (Å²) >= 11 is 0. The first kappa shape index (κ1) is 19.0. The van der Waals surface area contributed by atoms with Gasteiger partial charge in [-0.3, -0.25) is 4.79 Å². The molecule has 1 N–H and O–H groups in total. The summed E-state index contributed by atoms with van der Waals surface area (Å²) in [6.45, 7) is 2.42. The molecular formula is C24H25NO5. The lowest BCUT2D eigenvalue weighted by Gasteiger charge is -2.31. The minimum absolute atomic E-state index is 0.0328. The molecule has 0 atom stereocenters. The molecule has 2 aliphatic heterocycles. The van der Waals surface area contributed by atoms with Crippen LogP contribution in [0.15, 0.2) is 36.4 Å². The van der Waals surface area contributed by atoms with Gasteiger partial charge in [0, 0.05) is 24.2 Å². The average molecular weight is 407 g/mol. The van der Waals surface area contributed by atoms with Crippen LogP contribution in [0.4, 0.5) is 0 Å². The number of nitrogens with zero attached hydrogens (tertiary/aromatic N) is 1. The maximum atomic E-state index is 12.6. The van der Waals surface area contributed by atoms with Crippen LogP contribution < -0.4 is 4.74 Å². The molecule has 0 radical (unpaired) electrons. The highest BCUT2D eigenvalue weighted by atomic mass is 16.5. The molecule has 1 amide bonds. The Morgan fingerprint density at radius 3 is 2.60 bits per heavy atom. The zero-order valence-electron chi connectivity index (χ0n) is 16.8. The zero-order valence-corrected chi connectivity index (χ0v) is 16.8. The highest BCUT2D eigenvalue weighted by Gasteiger charge is 2.31. The summed E-state index contributed by atoms with van der Waals surface area (Å²) < 4.78 is 11.0. The van der Waals surface area contributed by atoms with Gasteiger partial charge in [-0.15, -0.1) is 0 Å². The van der Waals surface area contributed by atoms with Crippen LogP contribution in [0.25, 0.3) is 0 Å². The van der Waals surface area contributed by atoms with Gasteiger partial charge < -0.3 is 19.5 Å². The standard InChI is InChI=1S/C24H25NO5/c26-19-6-5-17-12-25(23(27)22(17)10-19)11-15-1-3-16(4-2-15)13-29-20-7-8-21-18(9-20)14-30-24(21)28/h5-10,15-16,26H,1-4,11-14H2. The number of hydrogen-bond donors (Lipinski definition) is 1. The fourth-order valence-electron chi connectivity index (χ4n) is 4.80. The lowest BCUT2D eigenvalue weighted by Crippen LogP contribution is -2.32. The van der Waals surface area contributed by atoms with Crippen LogP contribution >= 0.6 is 0 Å². The molecule has 156 valence electrons. The number of aromatic hydroxyl groups is 1. The fraction of sp³-hybridized carbons (Fsp3) is 0.417. The van der Waals surface area contributed by atoms with Gasteiger partial charge in [0.2, 0.25) is 0 Å². The minimum atomic E-state index is -0.258. The first-order valence-corrected chi connectivity index (χ1v) is 10.6. The molecule has 5 rings (SSSR count). The molecule has 1 saturated carbocycles. The molecule has 0 saturated heterocycles. The summed E-state index contributed by atoms with van der Waals surface area (Å²) in [5, 5.41) is 9.64. The highest BCUT2D eigenvalue weighted by molar-refractivity contribution is 5.98. The average Bonchev–Trinajstić information content (AvgIpc) is 3.27. The van der Waals surface area contributed by atoms with Gasteiger partial charge in [0.05, 0.1) is 12.2 Å². The van der Waals surface area contributed by atoms with Gasteiger partial charge in [-0.25, -0.2) is 4.79 Å². The van der Waals surface area contributed by atoms with E-state index in [9.17, 15) is 14.7 Å². The number of phenolic OH excluding ortho intramolecular Hbond substituents is 1. The number of carbonyl (C=O) groups is 2. The largest absolute Gasteiger partial charge is 0.508 e. The Balaban J connectivity index is 1.10. The molecule has 3 aliphatic rings. The highest BCUT2D eigenvalue weighted by Crippen LogP contribution is 2.33. The molecule has 2 aromatic carbocycles. The second-order valence-corrected chi connectivity index (χ2v) is 8.62. The minimum Gasteiger partial charge on any atom is -0.508 e.